The topological polar surface area (TPSA) is 29.5 Å². The molecule has 1 aliphatic heterocycles. The summed E-state index contributed by atoms with van der Waals surface area (Å²) in [5.74, 6) is 1.02. The van der Waals surface area contributed by atoms with Gasteiger partial charge in [-0.3, -0.25) is 4.79 Å². The molecule has 1 atom stereocenters. The second-order valence-electron chi connectivity index (χ2n) is 7.93. The fraction of sp³-hybridized carbons (Fsp3) is 0.842. The van der Waals surface area contributed by atoms with Crippen LogP contribution >= 0.6 is 0 Å². The highest BCUT2D eigenvalue weighted by molar-refractivity contribution is 5.97. The molecule has 3 nitrogen and oxygen atoms in total. The molecule has 0 radical (unpaired) electrons. The quantitative estimate of drug-likeness (QED) is 0.660. The van der Waals surface area contributed by atoms with Crippen LogP contribution in [0, 0.1) is 11.3 Å². The van der Waals surface area contributed by atoms with Crippen LogP contribution in [-0.2, 0) is 9.53 Å². The summed E-state index contributed by atoms with van der Waals surface area (Å²) in [6.07, 6.45) is 6.54. The zero-order chi connectivity index (χ0) is 16.2. The Bertz CT molecular complexity index is 420. The molecule has 0 N–H and O–H groups in total. The van der Waals surface area contributed by atoms with Gasteiger partial charge in [-0.25, -0.2) is 0 Å². The Morgan fingerprint density at radius 3 is 2.64 bits per heavy atom. The number of unbranched alkanes of at least 4 members (excludes halogenated alkanes) is 1. The number of hydrogen-bond acceptors (Lipinski definition) is 2. The Balaban J connectivity index is 1.77. The first-order chi connectivity index (χ1) is 10.4. The molecule has 0 aromatic carbocycles. The third-order valence-corrected chi connectivity index (χ3v) is 5.17. The van der Waals surface area contributed by atoms with Crippen molar-refractivity contribution >= 4 is 5.91 Å². The minimum Gasteiger partial charge on any atom is -0.381 e. The van der Waals surface area contributed by atoms with E-state index in [2.05, 4.69) is 27.7 Å². The number of nitrogens with zero attached hydrogens (tertiary/aromatic N) is 1. The number of carbonyl (C=O) groups is 1. The lowest BCUT2D eigenvalue weighted by molar-refractivity contribution is -0.125. The monoisotopic (exact) mass is 307 g/mol. The summed E-state index contributed by atoms with van der Waals surface area (Å²) >= 11 is 0. The van der Waals surface area contributed by atoms with E-state index in [4.69, 9.17) is 4.74 Å². The molecule has 0 spiro atoms. The largest absolute Gasteiger partial charge is 0.381 e. The van der Waals surface area contributed by atoms with Crippen molar-refractivity contribution < 1.29 is 9.53 Å². The molecule has 1 aliphatic carbocycles. The molecule has 0 aromatic heterocycles. The first-order valence-electron chi connectivity index (χ1n) is 9.01. The number of amides is 1. The van der Waals surface area contributed by atoms with Crippen molar-refractivity contribution in [3.05, 3.63) is 11.1 Å². The average Bonchev–Trinajstić information content (AvgIpc) is 2.78. The fourth-order valence-corrected chi connectivity index (χ4v) is 3.55. The van der Waals surface area contributed by atoms with Crippen LogP contribution in [0.5, 0.6) is 0 Å². The van der Waals surface area contributed by atoms with E-state index in [1.54, 1.807) is 0 Å². The Morgan fingerprint density at radius 1 is 1.23 bits per heavy atom. The summed E-state index contributed by atoms with van der Waals surface area (Å²) in [6, 6.07) is 0. The van der Waals surface area contributed by atoms with Crippen LogP contribution in [0.25, 0.3) is 0 Å². The van der Waals surface area contributed by atoms with Crippen molar-refractivity contribution in [3.8, 4) is 0 Å². The average molecular weight is 307 g/mol. The molecule has 3 heteroatoms. The fourth-order valence-electron chi connectivity index (χ4n) is 3.55. The molecule has 1 unspecified atom stereocenters. The first-order valence-corrected chi connectivity index (χ1v) is 9.01. The molecule has 0 saturated carbocycles. The molecule has 0 fully saturated rings. The van der Waals surface area contributed by atoms with E-state index in [1.807, 2.05) is 4.90 Å². The summed E-state index contributed by atoms with van der Waals surface area (Å²) in [5, 5.41) is 0. The second kappa shape index (κ2) is 7.63. The lowest BCUT2D eigenvalue weighted by atomic mass is 9.71. The van der Waals surface area contributed by atoms with Crippen LogP contribution < -0.4 is 0 Å². The smallest absolute Gasteiger partial charge is 0.250 e. The van der Waals surface area contributed by atoms with Crippen molar-refractivity contribution in [3.63, 3.8) is 0 Å². The van der Waals surface area contributed by atoms with Gasteiger partial charge < -0.3 is 9.64 Å². The Labute approximate surface area is 136 Å². The molecule has 126 valence electrons. The van der Waals surface area contributed by atoms with E-state index in [0.29, 0.717) is 11.3 Å². The van der Waals surface area contributed by atoms with E-state index >= 15 is 0 Å². The minimum atomic E-state index is 0.302. The van der Waals surface area contributed by atoms with Crippen molar-refractivity contribution in [2.75, 3.05) is 26.3 Å². The third kappa shape index (κ3) is 4.34. The lowest BCUT2D eigenvalue weighted by Gasteiger charge is -2.34. The standard InChI is InChI=1S/C19H33NO2/c1-5-6-11-22-12-7-10-20-14-15-13-16(19(2,3)4)8-9-17(15)18(20)21/h16H,5-14H2,1-4H3. The highest BCUT2D eigenvalue weighted by atomic mass is 16.5. The molecule has 1 amide bonds. The highest BCUT2D eigenvalue weighted by Gasteiger charge is 2.37. The van der Waals surface area contributed by atoms with Crippen molar-refractivity contribution in [2.45, 2.75) is 66.2 Å². The number of hydrogen-bond donors (Lipinski definition) is 0. The van der Waals surface area contributed by atoms with Crippen LogP contribution in [0.2, 0.25) is 0 Å². The van der Waals surface area contributed by atoms with Gasteiger partial charge in [0.25, 0.3) is 0 Å². The van der Waals surface area contributed by atoms with E-state index in [-0.39, 0.29) is 0 Å². The van der Waals surface area contributed by atoms with Gasteiger partial charge in [-0.1, -0.05) is 34.1 Å². The van der Waals surface area contributed by atoms with Crippen molar-refractivity contribution in [1.82, 2.24) is 4.90 Å². The van der Waals surface area contributed by atoms with E-state index in [9.17, 15) is 4.79 Å². The van der Waals surface area contributed by atoms with Gasteiger partial charge in [0.1, 0.15) is 0 Å². The SMILES string of the molecule is CCCCOCCCN1CC2=C(CCC(C(C)(C)C)C2)C1=O. The Kier molecular flexibility index (Phi) is 6.08. The Hall–Kier alpha value is -0.830. The molecular weight excluding hydrogens is 274 g/mol. The summed E-state index contributed by atoms with van der Waals surface area (Å²) < 4.78 is 5.60. The highest BCUT2D eigenvalue weighted by Crippen LogP contribution is 2.42. The van der Waals surface area contributed by atoms with Crippen LogP contribution in [0.4, 0.5) is 0 Å². The zero-order valence-corrected chi connectivity index (χ0v) is 14.9. The molecule has 0 bridgehead atoms. The molecule has 0 aromatic rings. The van der Waals surface area contributed by atoms with E-state index in [1.165, 1.54) is 18.4 Å². The van der Waals surface area contributed by atoms with E-state index < -0.39 is 0 Å². The van der Waals surface area contributed by atoms with E-state index in [0.717, 1.165) is 63.5 Å². The maximum atomic E-state index is 12.5. The van der Waals surface area contributed by atoms with Gasteiger partial charge in [0, 0.05) is 31.9 Å². The number of ether oxygens (including phenoxy) is 1. The van der Waals surface area contributed by atoms with Gasteiger partial charge in [0.15, 0.2) is 0 Å². The zero-order valence-electron chi connectivity index (χ0n) is 14.9. The first kappa shape index (κ1) is 17.5. The maximum Gasteiger partial charge on any atom is 0.250 e. The second-order valence-corrected chi connectivity index (χ2v) is 7.93. The maximum absolute atomic E-state index is 12.5. The third-order valence-electron chi connectivity index (χ3n) is 5.17. The van der Waals surface area contributed by atoms with Crippen molar-refractivity contribution in [2.24, 2.45) is 11.3 Å². The molecule has 1 heterocycles. The van der Waals surface area contributed by atoms with Crippen LogP contribution in [0.3, 0.4) is 0 Å². The predicted molar refractivity (Wildman–Crippen MR) is 90.7 cm³/mol. The molecular formula is C19H33NO2. The van der Waals surface area contributed by atoms with Gasteiger partial charge in [0.2, 0.25) is 5.91 Å². The van der Waals surface area contributed by atoms with Gasteiger partial charge in [-0.2, -0.15) is 0 Å². The summed E-state index contributed by atoms with van der Waals surface area (Å²) in [4.78, 5) is 14.5. The van der Waals surface area contributed by atoms with Gasteiger partial charge in [0.05, 0.1) is 0 Å². The molecule has 2 rings (SSSR count). The van der Waals surface area contributed by atoms with Crippen LogP contribution in [0.1, 0.15) is 66.2 Å². The lowest BCUT2D eigenvalue weighted by Crippen LogP contribution is -2.29. The van der Waals surface area contributed by atoms with Gasteiger partial charge in [-0.15, -0.1) is 0 Å². The van der Waals surface area contributed by atoms with Gasteiger partial charge >= 0.3 is 0 Å². The predicted octanol–water partition coefficient (Wildman–Crippen LogP) is 4.18. The molecule has 0 saturated heterocycles. The summed E-state index contributed by atoms with van der Waals surface area (Å²) in [6.45, 7) is 12.5. The number of carbonyl (C=O) groups excluding carboxylic acids is 1. The summed E-state index contributed by atoms with van der Waals surface area (Å²) in [7, 11) is 0. The van der Waals surface area contributed by atoms with Gasteiger partial charge in [-0.05, 0) is 49.0 Å². The van der Waals surface area contributed by atoms with Crippen LogP contribution in [0.15, 0.2) is 11.1 Å². The number of rotatable bonds is 7. The summed E-state index contributed by atoms with van der Waals surface area (Å²) in [5.41, 5.74) is 2.90. The van der Waals surface area contributed by atoms with Crippen LogP contribution in [-0.4, -0.2) is 37.1 Å². The molecule has 2 aliphatic rings. The van der Waals surface area contributed by atoms with Crippen molar-refractivity contribution in [1.29, 1.82) is 0 Å². The molecule has 22 heavy (non-hydrogen) atoms. The normalized spacial score (nSPS) is 22.5. The minimum absolute atomic E-state index is 0.302. The Morgan fingerprint density at radius 2 is 1.95 bits per heavy atom.